The number of carboxylic acids is 1. The fourth-order valence-electron chi connectivity index (χ4n) is 1.13. The number of carbonyl (C=O) groups is 1. The van der Waals surface area contributed by atoms with Crippen LogP contribution in [0.15, 0.2) is 11.3 Å². The Labute approximate surface area is 105 Å². The smallest absolute Gasteiger partial charge is 0.431 e. The normalized spacial score (nSPS) is 12.8. The number of hydrogen-bond donors (Lipinski definition) is 1. The molecule has 0 aromatic heterocycles. The number of aliphatic carboxylic acids is 1. The molecule has 0 rings (SSSR count). The van der Waals surface area contributed by atoms with E-state index in [1.54, 1.807) is 6.08 Å². The van der Waals surface area contributed by atoms with Gasteiger partial charge in [-0.15, -0.1) is 0 Å². The van der Waals surface area contributed by atoms with E-state index in [1.807, 2.05) is 34.6 Å². The molecule has 0 saturated heterocycles. The Bertz CT molecular complexity index is 251. The van der Waals surface area contributed by atoms with Crippen molar-refractivity contribution in [1.29, 1.82) is 0 Å². The van der Waals surface area contributed by atoms with Crippen LogP contribution in [-0.2, 0) is 13.6 Å². The SMILES string of the molecule is CCC/C=C(\C(=O)O)[Si](OC(C)C)OC(C)C. The van der Waals surface area contributed by atoms with E-state index in [1.165, 1.54) is 0 Å². The van der Waals surface area contributed by atoms with Gasteiger partial charge in [-0.05, 0) is 34.1 Å². The van der Waals surface area contributed by atoms with Gasteiger partial charge in [0, 0.05) is 12.2 Å². The summed E-state index contributed by atoms with van der Waals surface area (Å²) in [6, 6.07) is 0. The van der Waals surface area contributed by atoms with Crippen LogP contribution in [0.2, 0.25) is 0 Å². The molecule has 0 spiro atoms. The second-order valence-electron chi connectivity index (χ2n) is 4.33. The highest BCUT2D eigenvalue weighted by atomic mass is 28.3. The zero-order chi connectivity index (χ0) is 13.4. The first-order valence-corrected chi connectivity index (χ1v) is 7.34. The lowest BCUT2D eigenvalue weighted by Crippen LogP contribution is -2.35. The zero-order valence-electron chi connectivity index (χ0n) is 11.3. The minimum atomic E-state index is -1.89. The van der Waals surface area contributed by atoms with Crippen molar-refractivity contribution in [2.45, 2.75) is 59.7 Å². The van der Waals surface area contributed by atoms with Gasteiger partial charge in [0.05, 0.1) is 5.20 Å². The Morgan fingerprint density at radius 1 is 1.24 bits per heavy atom. The molecule has 4 nitrogen and oxygen atoms in total. The minimum absolute atomic E-state index is 0.0352. The van der Waals surface area contributed by atoms with E-state index in [0.717, 1.165) is 12.8 Å². The van der Waals surface area contributed by atoms with Crippen LogP contribution in [-0.4, -0.2) is 32.6 Å². The van der Waals surface area contributed by atoms with Crippen LogP contribution in [0, 0.1) is 0 Å². The topological polar surface area (TPSA) is 55.8 Å². The summed E-state index contributed by atoms with van der Waals surface area (Å²) in [5, 5.41) is 9.48. The highest BCUT2D eigenvalue weighted by molar-refractivity contribution is 6.60. The lowest BCUT2D eigenvalue weighted by molar-refractivity contribution is -0.132. The molecule has 1 radical (unpaired) electrons. The van der Waals surface area contributed by atoms with Crippen LogP contribution in [0.5, 0.6) is 0 Å². The zero-order valence-corrected chi connectivity index (χ0v) is 12.3. The van der Waals surface area contributed by atoms with Crippen molar-refractivity contribution < 1.29 is 18.8 Å². The number of unbranched alkanes of at least 4 members (excludes halogenated alkanes) is 1. The van der Waals surface area contributed by atoms with E-state index < -0.39 is 15.3 Å². The molecule has 0 aliphatic carbocycles. The first-order chi connectivity index (χ1) is 7.88. The molecule has 17 heavy (non-hydrogen) atoms. The van der Waals surface area contributed by atoms with Crippen molar-refractivity contribution in [3.63, 3.8) is 0 Å². The Morgan fingerprint density at radius 3 is 2.00 bits per heavy atom. The largest absolute Gasteiger partial charge is 0.478 e. The van der Waals surface area contributed by atoms with Crippen LogP contribution in [0.3, 0.4) is 0 Å². The average Bonchev–Trinajstić information content (AvgIpc) is 2.15. The molecule has 0 aromatic rings. The Hall–Kier alpha value is -0.653. The number of allylic oxidation sites excluding steroid dienone is 1. The molecule has 99 valence electrons. The monoisotopic (exact) mass is 259 g/mol. The number of hydrogen-bond acceptors (Lipinski definition) is 3. The summed E-state index contributed by atoms with van der Waals surface area (Å²) in [4.78, 5) is 11.2. The van der Waals surface area contributed by atoms with Crippen molar-refractivity contribution in [2.75, 3.05) is 0 Å². The van der Waals surface area contributed by atoms with Gasteiger partial charge in [-0.1, -0.05) is 19.4 Å². The average molecular weight is 259 g/mol. The maximum atomic E-state index is 11.2. The molecule has 1 N–H and O–H groups in total. The maximum absolute atomic E-state index is 11.2. The molecule has 0 aliphatic rings. The second kappa shape index (κ2) is 8.44. The molecule has 0 fully saturated rings. The van der Waals surface area contributed by atoms with Crippen molar-refractivity contribution in [3.05, 3.63) is 11.3 Å². The first kappa shape index (κ1) is 16.3. The summed E-state index contributed by atoms with van der Waals surface area (Å²) >= 11 is 0. The molecular formula is C12H23O4Si. The third-order valence-electron chi connectivity index (χ3n) is 1.77. The second-order valence-corrected chi connectivity index (χ2v) is 5.92. The summed E-state index contributed by atoms with van der Waals surface area (Å²) in [5.74, 6) is -0.936. The molecular weight excluding hydrogens is 236 g/mol. The fraction of sp³-hybridized carbons (Fsp3) is 0.750. The van der Waals surface area contributed by atoms with Gasteiger partial charge in [0.15, 0.2) is 0 Å². The Morgan fingerprint density at radius 2 is 1.71 bits per heavy atom. The van der Waals surface area contributed by atoms with Gasteiger partial charge in [0.25, 0.3) is 0 Å². The van der Waals surface area contributed by atoms with Gasteiger partial charge in [-0.3, -0.25) is 0 Å². The minimum Gasteiger partial charge on any atom is -0.478 e. The van der Waals surface area contributed by atoms with Crippen LogP contribution < -0.4 is 0 Å². The van der Waals surface area contributed by atoms with E-state index in [0.29, 0.717) is 5.20 Å². The molecule has 0 saturated carbocycles. The van der Waals surface area contributed by atoms with E-state index in [2.05, 4.69) is 0 Å². The van der Waals surface area contributed by atoms with E-state index >= 15 is 0 Å². The molecule has 0 amide bonds. The van der Waals surface area contributed by atoms with E-state index in [-0.39, 0.29) is 12.2 Å². The van der Waals surface area contributed by atoms with Crippen molar-refractivity contribution in [1.82, 2.24) is 0 Å². The molecule has 0 aliphatic heterocycles. The highest BCUT2D eigenvalue weighted by Gasteiger charge is 2.29. The molecule has 0 bridgehead atoms. The third kappa shape index (κ3) is 7.30. The Kier molecular flexibility index (Phi) is 8.12. The quantitative estimate of drug-likeness (QED) is 0.538. The summed E-state index contributed by atoms with van der Waals surface area (Å²) in [7, 11) is -1.89. The standard InChI is InChI=1S/C12H23O4Si/c1-6-7-8-11(12(13)14)17(15-9(2)3)16-10(4)5/h8-10H,6-7H2,1-5H3,(H,13,14)/b11-8+. The molecule has 0 heterocycles. The predicted octanol–water partition coefficient (Wildman–Crippen LogP) is 2.67. The first-order valence-electron chi connectivity index (χ1n) is 6.02. The van der Waals surface area contributed by atoms with Gasteiger partial charge >= 0.3 is 15.3 Å². The fourth-order valence-corrected chi connectivity index (χ4v) is 2.78. The van der Waals surface area contributed by atoms with Gasteiger partial charge in [0.1, 0.15) is 0 Å². The van der Waals surface area contributed by atoms with Crippen LogP contribution in [0.4, 0.5) is 0 Å². The molecule has 0 atom stereocenters. The highest BCUT2D eigenvalue weighted by Crippen LogP contribution is 2.12. The van der Waals surface area contributed by atoms with Gasteiger partial charge in [-0.2, -0.15) is 0 Å². The summed E-state index contributed by atoms with van der Waals surface area (Å²) in [5.41, 5.74) is 0. The Balaban J connectivity index is 4.86. The van der Waals surface area contributed by atoms with Crippen LogP contribution >= 0.6 is 0 Å². The van der Waals surface area contributed by atoms with E-state index in [4.69, 9.17) is 8.85 Å². The number of carboxylic acid groups (broad SMARTS) is 1. The molecule has 0 aromatic carbocycles. The lowest BCUT2D eigenvalue weighted by Gasteiger charge is -2.20. The summed E-state index contributed by atoms with van der Waals surface area (Å²) in [6.45, 7) is 9.54. The van der Waals surface area contributed by atoms with Crippen LogP contribution in [0.25, 0.3) is 0 Å². The van der Waals surface area contributed by atoms with Crippen LogP contribution in [0.1, 0.15) is 47.5 Å². The predicted molar refractivity (Wildman–Crippen MR) is 68.8 cm³/mol. The lowest BCUT2D eigenvalue weighted by atomic mass is 10.3. The molecule has 5 heteroatoms. The van der Waals surface area contributed by atoms with Gasteiger partial charge in [-0.25, -0.2) is 4.79 Å². The maximum Gasteiger partial charge on any atom is 0.431 e. The van der Waals surface area contributed by atoms with Crippen molar-refractivity contribution in [2.24, 2.45) is 0 Å². The summed E-state index contributed by atoms with van der Waals surface area (Å²) < 4.78 is 11.2. The molecule has 0 unspecified atom stereocenters. The summed E-state index contributed by atoms with van der Waals surface area (Å²) in [6.07, 6.45) is 3.30. The van der Waals surface area contributed by atoms with Gasteiger partial charge < -0.3 is 14.0 Å². The third-order valence-corrected chi connectivity index (χ3v) is 4.00. The number of rotatable bonds is 8. The van der Waals surface area contributed by atoms with Crippen molar-refractivity contribution in [3.8, 4) is 0 Å². The van der Waals surface area contributed by atoms with Gasteiger partial charge in [0.2, 0.25) is 0 Å². The van der Waals surface area contributed by atoms with Crippen molar-refractivity contribution >= 4 is 15.3 Å². The van der Waals surface area contributed by atoms with E-state index in [9.17, 15) is 9.90 Å².